The predicted molar refractivity (Wildman–Crippen MR) is 249 cm³/mol. The molecule has 1 amide bonds. The third-order valence-electron chi connectivity index (χ3n) is 11.9. The van der Waals surface area contributed by atoms with Crippen LogP contribution >= 0.6 is 0 Å². The van der Waals surface area contributed by atoms with E-state index < -0.39 is 71.6 Å². The van der Waals surface area contributed by atoms with Crippen LogP contribution in [0.2, 0.25) is 0 Å². The molecule has 0 bridgehead atoms. The summed E-state index contributed by atoms with van der Waals surface area (Å²) in [4.78, 5) is 40.4. The summed E-state index contributed by atoms with van der Waals surface area (Å²) in [5.41, 5.74) is 2.62. The van der Waals surface area contributed by atoms with E-state index in [0.29, 0.717) is 19.3 Å². The first-order chi connectivity index (χ1) is 31.0. The Balaban J connectivity index is 0.0000109. The summed E-state index contributed by atoms with van der Waals surface area (Å²) >= 11 is 0. The SMILES string of the molecule is CCCCCCCCCCCCC(OC(=O)CCCCCCCCc1ccccc1)C(=O)N[C@H]1C(O)O[C@H](CO)[C@@H](OS(=O)(=O)O)[C@@H]1OC(=O)CCCCCCCCc1ccccc1.[H-].[Na+]. The van der Waals surface area contributed by atoms with Gasteiger partial charge in [-0.2, -0.15) is 8.42 Å². The molecule has 1 aliphatic rings. The standard InChI is InChI=1S/C50H79NO12S.Na.H/c1-2-3-4-5-6-7-8-9-16-27-36-42(60-44(53)37-28-17-12-10-14-21-30-40-32-23-19-24-33-40)49(55)51-46-48(47(63-64(57,58)59)43(39-52)61-50(46)56)62-45(54)38-29-18-13-11-15-22-31-41-34-25-20-26-35-41;;/h19-20,23-26,32-35,42-43,46-48,50,52,56H,2-18,21-22,27-31,36-39H2,1H3,(H,51,55)(H,57,58,59);;/q;+1;-1/t42?,43-,46-,47-,48-,50?;;/m1../s1. The Hall–Kier alpha value is -2.40. The van der Waals surface area contributed by atoms with E-state index in [1.165, 1.54) is 43.2 Å². The van der Waals surface area contributed by atoms with Crippen LogP contribution in [0, 0.1) is 0 Å². The molecule has 13 nitrogen and oxygen atoms in total. The van der Waals surface area contributed by atoms with E-state index in [4.69, 9.17) is 18.4 Å². The van der Waals surface area contributed by atoms with E-state index in [1.54, 1.807) is 0 Å². The second-order valence-electron chi connectivity index (χ2n) is 17.4. The third kappa shape index (κ3) is 26.7. The van der Waals surface area contributed by atoms with Crippen LogP contribution in [0.25, 0.3) is 0 Å². The Kier molecular flexibility index (Phi) is 32.3. The van der Waals surface area contributed by atoms with Crippen molar-refractivity contribution in [3.8, 4) is 0 Å². The number of ether oxygens (including phenoxy) is 3. The number of carbonyl (C=O) groups is 3. The van der Waals surface area contributed by atoms with Crippen molar-refractivity contribution in [1.29, 1.82) is 0 Å². The number of benzene rings is 2. The Morgan fingerprint density at radius 3 is 1.58 bits per heavy atom. The van der Waals surface area contributed by atoms with Gasteiger partial charge in [-0.3, -0.25) is 18.9 Å². The molecular weight excluding hydrogens is 862 g/mol. The summed E-state index contributed by atoms with van der Waals surface area (Å²) in [5, 5.41) is 23.7. The second-order valence-corrected chi connectivity index (χ2v) is 18.4. The molecule has 0 aromatic heterocycles. The number of carbonyl (C=O) groups excluding carboxylic acids is 3. The van der Waals surface area contributed by atoms with Gasteiger partial charge in [0.25, 0.3) is 5.91 Å². The average Bonchev–Trinajstić information content (AvgIpc) is 3.27. The zero-order chi connectivity index (χ0) is 46.3. The molecule has 1 aliphatic heterocycles. The van der Waals surface area contributed by atoms with Gasteiger partial charge in [0.05, 0.1) is 6.61 Å². The Bertz CT molecular complexity index is 1660. The quantitative estimate of drug-likeness (QED) is 0.0249. The minimum atomic E-state index is -5.19. The first-order valence-electron chi connectivity index (χ1n) is 24.4. The maximum absolute atomic E-state index is 14.0. The molecular formula is C50H80NNaO12S. The van der Waals surface area contributed by atoms with Crippen LogP contribution in [0.3, 0.4) is 0 Å². The number of amides is 1. The molecule has 1 heterocycles. The van der Waals surface area contributed by atoms with Crippen molar-refractivity contribution < 1.29 is 86.9 Å². The number of unbranched alkanes of at least 4 members (excludes halogenated alkanes) is 19. The molecule has 0 aliphatic carbocycles. The van der Waals surface area contributed by atoms with Gasteiger partial charge in [0.1, 0.15) is 18.2 Å². The molecule has 65 heavy (non-hydrogen) atoms. The maximum atomic E-state index is 14.0. The number of aliphatic hydroxyl groups excluding tert-OH is 2. The molecule has 15 heteroatoms. The fraction of sp³-hybridized carbons (Fsp3) is 0.700. The van der Waals surface area contributed by atoms with Crippen molar-refractivity contribution in [3.63, 3.8) is 0 Å². The minimum absolute atomic E-state index is 0. The van der Waals surface area contributed by atoms with Crippen molar-refractivity contribution in [3.05, 3.63) is 71.8 Å². The van der Waals surface area contributed by atoms with Crippen LogP contribution in [0.15, 0.2) is 60.7 Å². The number of rotatable bonds is 36. The van der Waals surface area contributed by atoms with Gasteiger partial charge in [-0.05, 0) is 62.5 Å². The number of hydrogen-bond donors (Lipinski definition) is 4. The Morgan fingerprint density at radius 2 is 1.11 bits per heavy atom. The molecule has 1 saturated heterocycles. The Morgan fingerprint density at radius 1 is 0.662 bits per heavy atom. The van der Waals surface area contributed by atoms with Crippen molar-refractivity contribution in [2.75, 3.05) is 6.61 Å². The third-order valence-corrected chi connectivity index (χ3v) is 12.4. The second kappa shape index (κ2) is 35.7. The van der Waals surface area contributed by atoms with Crippen LogP contribution in [0.4, 0.5) is 0 Å². The maximum Gasteiger partial charge on any atom is 1.00 e. The van der Waals surface area contributed by atoms with Crippen molar-refractivity contribution in [2.45, 2.75) is 217 Å². The van der Waals surface area contributed by atoms with Gasteiger partial charge in [0, 0.05) is 12.8 Å². The summed E-state index contributed by atoms with van der Waals surface area (Å²) < 4.78 is 55.4. The number of aliphatic hydroxyl groups is 2. The van der Waals surface area contributed by atoms with E-state index in [9.17, 15) is 37.6 Å². The monoisotopic (exact) mass is 942 g/mol. The molecule has 6 atom stereocenters. The number of aryl methyl sites for hydroxylation is 2. The van der Waals surface area contributed by atoms with Gasteiger partial charge in [-0.25, -0.2) is 4.18 Å². The largest absolute Gasteiger partial charge is 1.00 e. The molecule has 3 rings (SSSR count). The van der Waals surface area contributed by atoms with Crippen LogP contribution in [0.5, 0.6) is 0 Å². The van der Waals surface area contributed by atoms with Gasteiger partial charge in [-0.1, -0.05) is 177 Å². The summed E-state index contributed by atoms with van der Waals surface area (Å²) in [7, 11) is -5.19. The van der Waals surface area contributed by atoms with E-state index >= 15 is 0 Å². The first-order valence-corrected chi connectivity index (χ1v) is 25.7. The smallest absolute Gasteiger partial charge is 1.00 e. The fourth-order valence-corrected chi connectivity index (χ4v) is 8.78. The summed E-state index contributed by atoms with van der Waals surface area (Å²) in [6, 6.07) is 19.0. The van der Waals surface area contributed by atoms with Crippen LogP contribution in [-0.2, 0) is 56.0 Å². The molecule has 0 spiro atoms. The first kappa shape index (κ1) is 58.7. The van der Waals surface area contributed by atoms with Crippen molar-refractivity contribution in [2.24, 2.45) is 0 Å². The van der Waals surface area contributed by atoms with Gasteiger partial charge in [0.2, 0.25) is 0 Å². The number of esters is 2. The van der Waals surface area contributed by atoms with Gasteiger partial charge >= 0.3 is 51.9 Å². The van der Waals surface area contributed by atoms with E-state index in [0.717, 1.165) is 103 Å². The molecule has 364 valence electrons. The summed E-state index contributed by atoms with van der Waals surface area (Å²) in [6.07, 6.45) is 15.6. The molecule has 0 saturated carbocycles. The normalized spacial score (nSPS) is 18.9. The van der Waals surface area contributed by atoms with Gasteiger partial charge < -0.3 is 31.2 Å². The van der Waals surface area contributed by atoms with Crippen LogP contribution in [0.1, 0.15) is 180 Å². The topological polar surface area (TPSA) is 195 Å². The molecule has 0 radical (unpaired) electrons. The van der Waals surface area contributed by atoms with Gasteiger partial charge in [0.15, 0.2) is 18.5 Å². The average molecular weight is 942 g/mol. The van der Waals surface area contributed by atoms with Crippen molar-refractivity contribution >= 4 is 28.2 Å². The number of hydrogen-bond acceptors (Lipinski definition) is 11. The molecule has 2 aromatic carbocycles. The van der Waals surface area contributed by atoms with E-state index in [1.807, 2.05) is 36.4 Å². The summed E-state index contributed by atoms with van der Waals surface area (Å²) in [6.45, 7) is 1.32. The molecule has 2 unspecified atom stereocenters. The van der Waals surface area contributed by atoms with Crippen LogP contribution in [-0.4, -0.2) is 84.4 Å². The molecule has 1 fully saturated rings. The summed E-state index contributed by atoms with van der Waals surface area (Å²) in [5.74, 6) is -2.09. The predicted octanol–water partition coefficient (Wildman–Crippen LogP) is 6.57. The van der Waals surface area contributed by atoms with E-state index in [2.05, 4.69) is 36.5 Å². The zero-order valence-electron chi connectivity index (χ0n) is 40.5. The Labute approximate surface area is 413 Å². The van der Waals surface area contributed by atoms with Crippen LogP contribution < -0.4 is 34.9 Å². The van der Waals surface area contributed by atoms with Crippen molar-refractivity contribution in [1.82, 2.24) is 5.32 Å². The molecule has 2 aromatic rings. The van der Waals surface area contributed by atoms with Gasteiger partial charge in [-0.15, -0.1) is 0 Å². The fourth-order valence-electron chi connectivity index (χ4n) is 8.26. The minimum Gasteiger partial charge on any atom is -1.00 e. The van der Waals surface area contributed by atoms with E-state index in [-0.39, 0.29) is 50.2 Å². The molecule has 4 N–H and O–H groups in total. The zero-order valence-corrected chi connectivity index (χ0v) is 42.3. The number of nitrogens with one attached hydrogen (secondary N) is 1.